The Morgan fingerprint density at radius 3 is 2.42 bits per heavy atom. The molecule has 3 aliphatic rings. The van der Waals surface area contributed by atoms with Gasteiger partial charge in [-0.25, -0.2) is 9.59 Å². The number of nitrogens with one attached hydrogen (secondary N) is 1. The van der Waals surface area contributed by atoms with E-state index in [4.69, 9.17) is 0 Å². The summed E-state index contributed by atoms with van der Waals surface area (Å²) in [6.07, 6.45) is 7.38. The molecule has 0 aromatic carbocycles. The molecule has 5 nitrogen and oxygen atoms in total. The number of likely N-dealkylation sites (tertiary alicyclic amines) is 1. The van der Waals surface area contributed by atoms with E-state index in [9.17, 15) is 14.7 Å². The first-order chi connectivity index (χ1) is 9.11. The number of urea groups is 1. The van der Waals surface area contributed by atoms with E-state index in [1.807, 2.05) is 4.90 Å². The molecule has 3 fully saturated rings. The van der Waals surface area contributed by atoms with Crippen LogP contribution in [-0.4, -0.2) is 40.1 Å². The number of fused-ring (bicyclic) bond motifs is 2. The van der Waals surface area contributed by atoms with Crippen LogP contribution in [0.1, 0.15) is 51.4 Å². The van der Waals surface area contributed by atoms with Crippen LogP contribution in [0.5, 0.6) is 0 Å². The highest BCUT2D eigenvalue weighted by Crippen LogP contribution is 2.38. The predicted molar refractivity (Wildman–Crippen MR) is 69.8 cm³/mol. The number of nitrogens with zero attached hydrogens (tertiary/aromatic N) is 1. The van der Waals surface area contributed by atoms with Crippen molar-refractivity contribution in [2.75, 3.05) is 6.54 Å². The number of carbonyl (C=O) groups is 2. The Morgan fingerprint density at radius 2 is 1.89 bits per heavy atom. The van der Waals surface area contributed by atoms with Crippen molar-refractivity contribution < 1.29 is 14.7 Å². The normalized spacial score (nSPS) is 32.3. The smallest absolute Gasteiger partial charge is 0.329 e. The summed E-state index contributed by atoms with van der Waals surface area (Å²) < 4.78 is 0. The van der Waals surface area contributed by atoms with Gasteiger partial charge in [-0.05, 0) is 38.0 Å². The maximum absolute atomic E-state index is 12.4. The van der Waals surface area contributed by atoms with Crippen LogP contribution in [0, 0.1) is 5.92 Å². The molecule has 1 saturated heterocycles. The number of rotatable bonds is 2. The first kappa shape index (κ1) is 12.8. The summed E-state index contributed by atoms with van der Waals surface area (Å²) in [5.74, 6) is -0.229. The number of hydrogen-bond donors (Lipinski definition) is 2. The van der Waals surface area contributed by atoms with Gasteiger partial charge in [0.2, 0.25) is 0 Å². The van der Waals surface area contributed by atoms with Crippen molar-refractivity contribution in [2.45, 2.75) is 62.9 Å². The van der Waals surface area contributed by atoms with Crippen LogP contribution in [0.15, 0.2) is 0 Å². The molecule has 3 rings (SSSR count). The van der Waals surface area contributed by atoms with Crippen LogP contribution in [0.3, 0.4) is 0 Å². The molecular weight excluding hydrogens is 244 g/mol. The second kappa shape index (κ2) is 4.69. The number of carbonyl (C=O) groups excluding carboxylic acids is 1. The third kappa shape index (κ3) is 2.19. The lowest BCUT2D eigenvalue weighted by atomic mass is 9.82. The number of piperidine rings is 1. The Morgan fingerprint density at radius 1 is 1.16 bits per heavy atom. The molecule has 0 spiro atoms. The van der Waals surface area contributed by atoms with Gasteiger partial charge in [-0.15, -0.1) is 0 Å². The molecule has 2 saturated carbocycles. The summed E-state index contributed by atoms with van der Waals surface area (Å²) in [7, 11) is 0. The average molecular weight is 266 g/mol. The highest BCUT2D eigenvalue weighted by Gasteiger charge is 2.45. The lowest BCUT2D eigenvalue weighted by Gasteiger charge is -2.37. The molecule has 5 heteroatoms. The number of aliphatic carboxylic acids is 1. The van der Waals surface area contributed by atoms with Crippen molar-refractivity contribution in [3.05, 3.63) is 0 Å². The predicted octanol–water partition coefficient (Wildman–Crippen LogP) is 1.97. The minimum Gasteiger partial charge on any atom is -0.480 e. The second-order valence-corrected chi connectivity index (χ2v) is 6.36. The third-order valence-corrected chi connectivity index (χ3v) is 5.13. The van der Waals surface area contributed by atoms with Crippen molar-refractivity contribution in [2.24, 2.45) is 5.92 Å². The van der Waals surface area contributed by atoms with Crippen LogP contribution in [0.25, 0.3) is 0 Å². The molecule has 0 aromatic rings. The standard InChI is InChI=1S/C14H22N2O3/c17-12(18)14(6-2-1-3-7-14)15-13(19)16-9-10-4-5-11(16)8-10/h10-11H,1-9H2,(H,15,19)(H,17,18). The van der Waals surface area contributed by atoms with Gasteiger partial charge in [-0.2, -0.15) is 0 Å². The molecule has 2 bridgehead atoms. The largest absolute Gasteiger partial charge is 0.480 e. The maximum atomic E-state index is 12.4. The summed E-state index contributed by atoms with van der Waals surface area (Å²) in [5, 5.41) is 12.3. The summed E-state index contributed by atoms with van der Waals surface area (Å²) in [6, 6.07) is 0.191. The molecule has 2 amide bonds. The van der Waals surface area contributed by atoms with E-state index in [1.165, 1.54) is 6.42 Å². The van der Waals surface area contributed by atoms with Crippen molar-refractivity contribution in [3.63, 3.8) is 0 Å². The Bertz CT molecular complexity index is 390. The zero-order valence-electron chi connectivity index (χ0n) is 11.2. The first-order valence-electron chi connectivity index (χ1n) is 7.43. The summed E-state index contributed by atoms with van der Waals surface area (Å²) in [6.45, 7) is 0.812. The molecule has 2 atom stereocenters. The van der Waals surface area contributed by atoms with E-state index in [-0.39, 0.29) is 6.03 Å². The quantitative estimate of drug-likeness (QED) is 0.802. The number of carboxylic acids is 1. The zero-order chi connectivity index (χ0) is 13.5. The van der Waals surface area contributed by atoms with Crippen molar-refractivity contribution in [1.82, 2.24) is 10.2 Å². The molecule has 2 unspecified atom stereocenters. The highest BCUT2D eigenvalue weighted by molar-refractivity contribution is 5.86. The lowest BCUT2D eigenvalue weighted by molar-refractivity contribution is -0.146. The van der Waals surface area contributed by atoms with Gasteiger partial charge in [0.25, 0.3) is 0 Å². The minimum atomic E-state index is -1.02. The molecule has 106 valence electrons. The zero-order valence-corrected chi connectivity index (χ0v) is 11.2. The van der Waals surface area contributed by atoms with Crippen LogP contribution in [0.2, 0.25) is 0 Å². The monoisotopic (exact) mass is 266 g/mol. The van der Waals surface area contributed by atoms with Crippen LogP contribution >= 0.6 is 0 Å². The minimum absolute atomic E-state index is 0.156. The van der Waals surface area contributed by atoms with Crippen LogP contribution < -0.4 is 5.32 Å². The molecule has 2 aliphatic carbocycles. The number of amides is 2. The van der Waals surface area contributed by atoms with E-state index >= 15 is 0 Å². The van der Waals surface area contributed by atoms with Gasteiger partial charge < -0.3 is 15.3 Å². The number of hydrogen-bond acceptors (Lipinski definition) is 2. The van der Waals surface area contributed by atoms with Gasteiger partial charge in [-0.3, -0.25) is 0 Å². The molecule has 2 N–H and O–H groups in total. The molecule has 0 radical (unpaired) electrons. The highest BCUT2D eigenvalue weighted by atomic mass is 16.4. The van der Waals surface area contributed by atoms with Crippen LogP contribution in [0.4, 0.5) is 4.79 Å². The van der Waals surface area contributed by atoms with E-state index in [1.54, 1.807) is 0 Å². The van der Waals surface area contributed by atoms with Gasteiger partial charge in [0.05, 0.1) is 0 Å². The Balaban J connectivity index is 1.68. The Labute approximate surface area is 113 Å². The second-order valence-electron chi connectivity index (χ2n) is 6.36. The fourth-order valence-electron chi connectivity index (χ4n) is 4.00. The molecule has 0 aromatic heterocycles. The van der Waals surface area contributed by atoms with E-state index in [0.29, 0.717) is 24.8 Å². The molecule has 1 aliphatic heterocycles. The Kier molecular flexibility index (Phi) is 3.15. The van der Waals surface area contributed by atoms with Gasteiger partial charge in [0.15, 0.2) is 0 Å². The lowest BCUT2D eigenvalue weighted by Crippen LogP contribution is -2.59. The molecular formula is C14H22N2O3. The van der Waals surface area contributed by atoms with Gasteiger partial charge in [0.1, 0.15) is 5.54 Å². The van der Waals surface area contributed by atoms with Gasteiger partial charge in [-0.1, -0.05) is 19.3 Å². The summed E-state index contributed by atoms with van der Waals surface area (Å²) in [4.78, 5) is 25.8. The maximum Gasteiger partial charge on any atom is 0.329 e. The van der Waals surface area contributed by atoms with Gasteiger partial charge in [0, 0.05) is 12.6 Å². The van der Waals surface area contributed by atoms with Crippen molar-refractivity contribution in [1.29, 1.82) is 0 Å². The SMILES string of the molecule is O=C(NC1(C(=O)O)CCCCC1)N1CC2CCC1C2. The summed E-state index contributed by atoms with van der Waals surface area (Å²) in [5.41, 5.74) is -1.02. The molecule has 1 heterocycles. The fraction of sp³-hybridized carbons (Fsp3) is 0.857. The van der Waals surface area contributed by atoms with E-state index in [0.717, 1.165) is 38.6 Å². The average Bonchev–Trinajstić information content (AvgIpc) is 3.02. The van der Waals surface area contributed by atoms with Crippen LogP contribution in [-0.2, 0) is 4.79 Å². The third-order valence-electron chi connectivity index (χ3n) is 5.13. The number of carboxylic acid groups (broad SMARTS) is 1. The fourth-order valence-corrected chi connectivity index (χ4v) is 4.00. The van der Waals surface area contributed by atoms with Crippen molar-refractivity contribution >= 4 is 12.0 Å². The van der Waals surface area contributed by atoms with Gasteiger partial charge >= 0.3 is 12.0 Å². The topological polar surface area (TPSA) is 69.6 Å². The Hall–Kier alpha value is -1.26. The first-order valence-corrected chi connectivity index (χ1v) is 7.43. The van der Waals surface area contributed by atoms with E-state index in [2.05, 4.69) is 5.32 Å². The summed E-state index contributed by atoms with van der Waals surface area (Å²) >= 11 is 0. The van der Waals surface area contributed by atoms with E-state index < -0.39 is 11.5 Å². The van der Waals surface area contributed by atoms with Crippen molar-refractivity contribution in [3.8, 4) is 0 Å². The molecule has 19 heavy (non-hydrogen) atoms.